The first-order valence-electron chi connectivity index (χ1n) is 6.72. The quantitative estimate of drug-likeness (QED) is 0.870. The van der Waals surface area contributed by atoms with Crippen LogP contribution in [0.3, 0.4) is 0 Å². The fraction of sp³-hybridized carbons (Fsp3) is 0.643. The highest BCUT2D eigenvalue weighted by Gasteiger charge is 2.21. The molecule has 0 radical (unpaired) electrons. The smallest absolute Gasteiger partial charge is 0.214 e. The van der Waals surface area contributed by atoms with Crippen LogP contribution in [-0.4, -0.2) is 36.4 Å². The van der Waals surface area contributed by atoms with E-state index in [1.54, 1.807) is 13.3 Å². The molecule has 2 rings (SSSR count). The second-order valence-corrected chi connectivity index (χ2v) is 4.77. The Bertz CT molecular complexity index is 365. The molecular weight excluding hydrogens is 228 g/mol. The second kappa shape index (κ2) is 6.59. The van der Waals surface area contributed by atoms with Crippen LogP contribution >= 0.6 is 0 Å². The van der Waals surface area contributed by atoms with Gasteiger partial charge in [-0.2, -0.15) is 0 Å². The lowest BCUT2D eigenvalue weighted by Gasteiger charge is -2.35. The van der Waals surface area contributed by atoms with Crippen molar-refractivity contribution in [1.29, 1.82) is 0 Å². The van der Waals surface area contributed by atoms with Crippen LogP contribution in [0.1, 0.15) is 32.1 Å². The van der Waals surface area contributed by atoms with E-state index in [0.717, 1.165) is 5.69 Å². The van der Waals surface area contributed by atoms with Gasteiger partial charge in [-0.15, -0.1) is 0 Å². The zero-order valence-electron chi connectivity index (χ0n) is 11.0. The number of aromatic nitrogens is 1. The fourth-order valence-electron chi connectivity index (χ4n) is 2.71. The Labute approximate surface area is 109 Å². The maximum atomic E-state index is 9.27. The van der Waals surface area contributed by atoms with Crippen LogP contribution in [0.4, 0.5) is 5.69 Å². The molecule has 1 N–H and O–H groups in total. The number of pyridine rings is 1. The lowest BCUT2D eigenvalue weighted by molar-refractivity contribution is 0.290. The molecule has 1 heterocycles. The largest absolute Gasteiger partial charge is 0.481 e. The summed E-state index contributed by atoms with van der Waals surface area (Å²) in [6.45, 7) is 0.860. The highest BCUT2D eigenvalue weighted by Crippen LogP contribution is 2.28. The number of aliphatic hydroxyl groups is 1. The van der Waals surface area contributed by atoms with E-state index in [0.29, 0.717) is 18.5 Å². The summed E-state index contributed by atoms with van der Waals surface area (Å²) in [6.07, 6.45) is 8.10. The zero-order chi connectivity index (χ0) is 12.8. The molecule has 1 saturated carbocycles. The highest BCUT2D eigenvalue weighted by atomic mass is 16.5. The van der Waals surface area contributed by atoms with Gasteiger partial charge in [-0.25, -0.2) is 4.98 Å². The molecule has 4 heteroatoms. The minimum absolute atomic E-state index is 0.182. The zero-order valence-corrected chi connectivity index (χ0v) is 11.0. The van der Waals surface area contributed by atoms with E-state index < -0.39 is 0 Å². The van der Waals surface area contributed by atoms with Crippen molar-refractivity contribution in [2.45, 2.75) is 38.1 Å². The summed E-state index contributed by atoms with van der Waals surface area (Å²) in [7, 11) is 1.63. The molecule has 0 aromatic carbocycles. The summed E-state index contributed by atoms with van der Waals surface area (Å²) < 4.78 is 5.17. The minimum atomic E-state index is 0.182. The molecule has 1 aliphatic carbocycles. The van der Waals surface area contributed by atoms with E-state index in [9.17, 15) is 5.11 Å². The lowest BCUT2D eigenvalue weighted by Crippen LogP contribution is -2.38. The van der Waals surface area contributed by atoms with Gasteiger partial charge in [0.1, 0.15) is 0 Å². The maximum Gasteiger partial charge on any atom is 0.214 e. The normalized spacial score (nSPS) is 16.6. The van der Waals surface area contributed by atoms with Gasteiger partial charge in [0.2, 0.25) is 5.88 Å². The number of anilines is 1. The first kappa shape index (κ1) is 13.1. The molecule has 100 valence electrons. The molecule has 0 amide bonds. The van der Waals surface area contributed by atoms with Crippen molar-refractivity contribution in [1.82, 2.24) is 4.98 Å². The fourth-order valence-corrected chi connectivity index (χ4v) is 2.71. The Morgan fingerprint density at radius 1 is 1.39 bits per heavy atom. The number of methoxy groups -OCH3 is 1. The van der Waals surface area contributed by atoms with Crippen molar-refractivity contribution in [3.63, 3.8) is 0 Å². The van der Waals surface area contributed by atoms with Gasteiger partial charge in [0.05, 0.1) is 13.7 Å². The number of nitrogens with zero attached hydrogens (tertiary/aromatic N) is 2. The van der Waals surface area contributed by atoms with Gasteiger partial charge in [-0.05, 0) is 18.9 Å². The Morgan fingerprint density at radius 2 is 2.17 bits per heavy atom. The van der Waals surface area contributed by atoms with Crippen molar-refractivity contribution in [2.75, 3.05) is 25.2 Å². The Morgan fingerprint density at radius 3 is 2.83 bits per heavy atom. The van der Waals surface area contributed by atoms with Crippen molar-refractivity contribution >= 4 is 5.69 Å². The van der Waals surface area contributed by atoms with E-state index in [4.69, 9.17) is 4.74 Å². The van der Waals surface area contributed by atoms with Crippen LogP contribution in [-0.2, 0) is 0 Å². The molecule has 4 nitrogen and oxygen atoms in total. The highest BCUT2D eigenvalue weighted by molar-refractivity contribution is 5.49. The average Bonchev–Trinajstić information content (AvgIpc) is 2.46. The third-order valence-corrected chi connectivity index (χ3v) is 3.62. The van der Waals surface area contributed by atoms with E-state index in [1.165, 1.54) is 32.1 Å². The van der Waals surface area contributed by atoms with Crippen molar-refractivity contribution < 1.29 is 9.84 Å². The molecule has 1 aliphatic rings. The summed E-state index contributed by atoms with van der Waals surface area (Å²) >= 11 is 0. The third-order valence-electron chi connectivity index (χ3n) is 3.62. The number of hydrogen-bond acceptors (Lipinski definition) is 4. The van der Waals surface area contributed by atoms with Gasteiger partial charge in [0.15, 0.2) is 0 Å². The van der Waals surface area contributed by atoms with Crippen molar-refractivity contribution in [2.24, 2.45) is 0 Å². The number of rotatable bonds is 5. The first-order valence-corrected chi connectivity index (χ1v) is 6.72. The predicted molar refractivity (Wildman–Crippen MR) is 72.1 cm³/mol. The van der Waals surface area contributed by atoms with Gasteiger partial charge >= 0.3 is 0 Å². The van der Waals surface area contributed by atoms with Gasteiger partial charge in [-0.1, -0.05) is 19.3 Å². The van der Waals surface area contributed by atoms with E-state index in [2.05, 4.69) is 9.88 Å². The number of ether oxygens (including phenoxy) is 1. The summed E-state index contributed by atoms with van der Waals surface area (Å²) in [5.41, 5.74) is 1.10. The average molecular weight is 250 g/mol. The van der Waals surface area contributed by atoms with Gasteiger partial charge in [0, 0.05) is 30.5 Å². The minimum Gasteiger partial charge on any atom is -0.481 e. The van der Waals surface area contributed by atoms with Crippen LogP contribution in [0.2, 0.25) is 0 Å². The van der Waals surface area contributed by atoms with Crippen molar-refractivity contribution in [3.05, 3.63) is 18.3 Å². The molecule has 0 unspecified atom stereocenters. The number of hydrogen-bond donors (Lipinski definition) is 1. The second-order valence-electron chi connectivity index (χ2n) is 4.77. The van der Waals surface area contributed by atoms with E-state index in [-0.39, 0.29) is 6.61 Å². The molecule has 1 aromatic heterocycles. The van der Waals surface area contributed by atoms with Crippen LogP contribution in [0.15, 0.2) is 18.3 Å². The molecule has 0 saturated heterocycles. The van der Waals surface area contributed by atoms with Crippen LogP contribution in [0, 0.1) is 0 Å². The SMILES string of the molecule is COc1cc(N(CCO)C2CCCCC2)ccn1. The maximum absolute atomic E-state index is 9.27. The summed E-state index contributed by atoms with van der Waals surface area (Å²) in [5.74, 6) is 0.631. The molecule has 1 aromatic rings. The van der Waals surface area contributed by atoms with E-state index in [1.807, 2.05) is 12.1 Å². The molecule has 1 fully saturated rings. The van der Waals surface area contributed by atoms with Gasteiger partial charge in [0.25, 0.3) is 0 Å². The lowest BCUT2D eigenvalue weighted by atomic mass is 9.94. The molecule has 0 spiro atoms. The molecular formula is C14H22N2O2. The molecule has 0 bridgehead atoms. The summed E-state index contributed by atoms with van der Waals surface area (Å²) in [5, 5.41) is 9.27. The Balaban J connectivity index is 2.16. The van der Waals surface area contributed by atoms with Crippen LogP contribution in [0.5, 0.6) is 5.88 Å². The topological polar surface area (TPSA) is 45.6 Å². The molecule has 0 atom stereocenters. The Kier molecular flexibility index (Phi) is 4.81. The standard InChI is InChI=1S/C14H22N2O2/c1-18-14-11-13(7-8-15-14)16(9-10-17)12-5-3-2-4-6-12/h7-8,11-12,17H,2-6,9-10H2,1H3. The van der Waals surface area contributed by atoms with Gasteiger partial charge < -0.3 is 14.7 Å². The van der Waals surface area contributed by atoms with Crippen LogP contribution in [0.25, 0.3) is 0 Å². The summed E-state index contributed by atoms with van der Waals surface area (Å²) in [4.78, 5) is 6.43. The summed E-state index contributed by atoms with van der Waals surface area (Å²) in [6, 6.07) is 4.48. The van der Waals surface area contributed by atoms with E-state index >= 15 is 0 Å². The molecule has 0 aliphatic heterocycles. The third kappa shape index (κ3) is 3.13. The monoisotopic (exact) mass is 250 g/mol. The van der Waals surface area contributed by atoms with Crippen molar-refractivity contribution in [3.8, 4) is 5.88 Å². The first-order chi connectivity index (χ1) is 8.85. The van der Waals surface area contributed by atoms with Gasteiger partial charge in [-0.3, -0.25) is 0 Å². The molecule has 18 heavy (non-hydrogen) atoms. The Hall–Kier alpha value is -1.29. The van der Waals surface area contributed by atoms with Crippen LogP contribution < -0.4 is 9.64 Å². The predicted octanol–water partition coefficient (Wildman–Crippen LogP) is 2.22. The number of aliphatic hydroxyl groups excluding tert-OH is 1.